The molecule has 2 N–H and O–H groups in total. The lowest BCUT2D eigenvalue weighted by molar-refractivity contribution is 0.108. The van der Waals surface area contributed by atoms with Gasteiger partial charge < -0.3 is 19.7 Å². The number of aromatic nitrogens is 4. The molecule has 1 aromatic carbocycles. The molecule has 1 atom stereocenters. The molecular formula is C25H26ClN5O3. The standard InChI is InChI=1S/C25H26ClN5O3/c1-15-24(16(2)34-31-15)23-11-20(7-17-5-4-6-28-12-17)29-25(30-23)18-8-19(26)10-22(9-18)33-14-21(32)13-27-3/h4-6,8-12,21,27,32H,7,13-14H2,1-3H3. The van der Waals surface area contributed by atoms with E-state index in [2.05, 4.69) is 15.5 Å². The predicted molar refractivity (Wildman–Crippen MR) is 130 cm³/mol. The van der Waals surface area contributed by atoms with Crippen molar-refractivity contribution in [3.05, 3.63) is 76.5 Å². The minimum Gasteiger partial charge on any atom is -0.491 e. The van der Waals surface area contributed by atoms with Crippen LogP contribution in [0.25, 0.3) is 22.6 Å². The molecular weight excluding hydrogens is 454 g/mol. The second kappa shape index (κ2) is 10.7. The maximum Gasteiger partial charge on any atom is 0.160 e. The summed E-state index contributed by atoms with van der Waals surface area (Å²) in [6.07, 6.45) is 3.50. The third-order valence-corrected chi connectivity index (χ3v) is 5.41. The highest BCUT2D eigenvalue weighted by Crippen LogP contribution is 2.31. The molecule has 0 saturated carbocycles. The summed E-state index contributed by atoms with van der Waals surface area (Å²) in [5, 5.41) is 17.4. The number of ether oxygens (including phenoxy) is 1. The minimum atomic E-state index is -0.641. The topological polar surface area (TPSA) is 106 Å². The quantitative estimate of drug-likeness (QED) is 0.371. The largest absolute Gasteiger partial charge is 0.491 e. The van der Waals surface area contributed by atoms with Crippen molar-refractivity contribution < 1.29 is 14.4 Å². The summed E-state index contributed by atoms with van der Waals surface area (Å²) in [6, 6.07) is 11.2. The Balaban J connectivity index is 1.74. The van der Waals surface area contributed by atoms with Crippen LogP contribution < -0.4 is 10.1 Å². The van der Waals surface area contributed by atoms with E-state index < -0.39 is 6.10 Å². The number of rotatable bonds is 9. The Labute approximate surface area is 203 Å². The van der Waals surface area contributed by atoms with Crippen molar-refractivity contribution in [1.82, 2.24) is 25.4 Å². The van der Waals surface area contributed by atoms with Gasteiger partial charge in [-0.1, -0.05) is 22.8 Å². The van der Waals surface area contributed by atoms with Crippen molar-refractivity contribution >= 4 is 11.6 Å². The van der Waals surface area contributed by atoms with E-state index in [1.54, 1.807) is 25.4 Å². The molecule has 176 valence electrons. The van der Waals surface area contributed by atoms with Gasteiger partial charge in [-0.15, -0.1) is 0 Å². The molecule has 4 aromatic rings. The number of aryl methyl sites for hydroxylation is 2. The molecule has 0 spiro atoms. The molecule has 0 aliphatic carbocycles. The van der Waals surface area contributed by atoms with Gasteiger partial charge in [0.1, 0.15) is 24.2 Å². The number of likely N-dealkylation sites (N-methyl/N-ethyl adjacent to an activating group) is 1. The number of nitrogens with one attached hydrogen (secondary N) is 1. The van der Waals surface area contributed by atoms with Gasteiger partial charge in [0.15, 0.2) is 5.82 Å². The van der Waals surface area contributed by atoms with E-state index in [4.69, 9.17) is 30.8 Å². The fraction of sp³-hybridized carbons (Fsp3) is 0.280. The molecule has 0 amide bonds. The molecule has 0 aliphatic heterocycles. The average molecular weight is 480 g/mol. The summed E-state index contributed by atoms with van der Waals surface area (Å²) >= 11 is 6.39. The predicted octanol–water partition coefficient (Wildman–Crippen LogP) is 4.01. The molecule has 1 unspecified atom stereocenters. The number of hydrogen-bond donors (Lipinski definition) is 2. The van der Waals surface area contributed by atoms with Crippen molar-refractivity contribution in [1.29, 1.82) is 0 Å². The Hall–Kier alpha value is -3.33. The van der Waals surface area contributed by atoms with E-state index in [0.717, 1.165) is 22.5 Å². The van der Waals surface area contributed by atoms with Gasteiger partial charge in [-0.25, -0.2) is 9.97 Å². The zero-order valence-corrected chi connectivity index (χ0v) is 20.0. The van der Waals surface area contributed by atoms with Gasteiger partial charge in [0.25, 0.3) is 0 Å². The first-order valence-corrected chi connectivity index (χ1v) is 11.3. The SMILES string of the molecule is CNCC(O)COc1cc(Cl)cc(-c2nc(Cc3cccnc3)cc(-c3c(C)noc3C)n2)c1. The van der Waals surface area contributed by atoms with Crippen molar-refractivity contribution in [2.75, 3.05) is 20.2 Å². The first kappa shape index (κ1) is 23.8. The number of hydrogen-bond acceptors (Lipinski definition) is 8. The van der Waals surface area contributed by atoms with E-state index in [-0.39, 0.29) is 6.61 Å². The highest BCUT2D eigenvalue weighted by atomic mass is 35.5. The van der Waals surface area contributed by atoms with Gasteiger partial charge >= 0.3 is 0 Å². The lowest BCUT2D eigenvalue weighted by Crippen LogP contribution is -2.29. The summed E-state index contributed by atoms with van der Waals surface area (Å²) < 4.78 is 11.1. The molecule has 9 heteroatoms. The fourth-order valence-corrected chi connectivity index (χ4v) is 3.89. The van der Waals surface area contributed by atoms with Crippen LogP contribution in [0.15, 0.2) is 53.3 Å². The smallest absolute Gasteiger partial charge is 0.160 e. The van der Waals surface area contributed by atoms with Crippen LogP contribution in [0.5, 0.6) is 5.75 Å². The Morgan fingerprint density at radius 2 is 2.03 bits per heavy atom. The van der Waals surface area contributed by atoms with Crippen LogP contribution in [0.3, 0.4) is 0 Å². The van der Waals surface area contributed by atoms with Crippen LogP contribution in [-0.2, 0) is 6.42 Å². The summed E-state index contributed by atoms with van der Waals surface area (Å²) in [4.78, 5) is 13.8. The molecule has 0 fully saturated rings. The summed E-state index contributed by atoms with van der Waals surface area (Å²) in [6.45, 7) is 4.30. The number of aliphatic hydroxyl groups is 1. The highest BCUT2D eigenvalue weighted by molar-refractivity contribution is 6.31. The Bertz CT molecular complexity index is 1240. The summed E-state index contributed by atoms with van der Waals surface area (Å²) in [7, 11) is 1.77. The maximum atomic E-state index is 9.97. The van der Waals surface area contributed by atoms with Crippen molar-refractivity contribution in [3.8, 4) is 28.4 Å². The first-order chi connectivity index (χ1) is 16.4. The molecule has 3 aromatic heterocycles. The third-order valence-electron chi connectivity index (χ3n) is 5.19. The number of halogens is 1. The average Bonchev–Trinajstić information content (AvgIpc) is 3.16. The van der Waals surface area contributed by atoms with Crippen LogP contribution in [-0.4, -0.2) is 51.5 Å². The number of pyridine rings is 1. The lowest BCUT2D eigenvalue weighted by atomic mass is 10.1. The Morgan fingerprint density at radius 3 is 2.74 bits per heavy atom. The van der Waals surface area contributed by atoms with E-state index in [1.165, 1.54) is 0 Å². The number of benzene rings is 1. The molecule has 34 heavy (non-hydrogen) atoms. The number of nitrogens with zero attached hydrogens (tertiary/aromatic N) is 4. The first-order valence-electron chi connectivity index (χ1n) is 10.9. The number of aliphatic hydroxyl groups excluding tert-OH is 1. The van der Waals surface area contributed by atoms with Gasteiger partial charge in [-0.3, -0.25) is 4.98 Å². The molecule has 0 aliphatic rings. The van der Waals surface area contributed by atoms with Crippen LogP contribution >= 0.6 is 11.6 Å². The van der Waals surface area contributed by atoms with Crippen LogP contribution in [0, 0.1) is 13.8 Å². The van der Waals surface area contributed by atoms with Gasteiger partial charge in [0.2, 0.25) is 0 Å². The second-order valence-electron chi connectivity index (χ2n) is 8.00. The minimum absolute atomic E-state index is 0.132. The van der Waals surface area contributed by atoms with E-state index in [0.29, 0.717) is 46.6 Å². The fourth-order valence-electron chi connectivity index (χ4n) is 3.67. The normalized spacial score (nSPS) is 12.0. The zero-order valence-electron chi connectivity index (χ0n) is 19.2. The molecule has 4 rings (SSSR count). The van der Waals surface area contributed by atoms with Gasteiger partial charge in [0.05, 0.1) is 17.0 Å². The van der Waals surface area contributed by atoms with Crippen molar-refractivity contribution in [2.24, 2.45) is 0 Å². The molecule has 0 bridgehead atoms. The lowest BCUT2D eigenvalue weighted by Gasteiger charge is -2.13. The van der Waals surface area contributed by atoms with Crippen LogP contribution in [0.4, 0.5) is 0 Å². The van der Waals surface area contributed by atoms with Crippen molar-refractivity contribution in [3.63, 3.8) is 0 Å². The van der Waals surface area contributed by atoms with Crippen LogP contribution in [0.2, 0.25) is 5.02 Å². The summed E-state index contributed by atoms with van der Waals surface area (Å²) in [5.41, 5.74) is 4.86. The molecule has 0 radical (unpaired) electrons. The van der Waals surface area contributed by atoms with E-state index in [1.807, 2.05) is 44.3 Å². The summed E-state index contributed by atoms with van der Waals surface area (Å²) in [5.74, 6) is 1.71. The molecule has 3 heterocycles. The zero-order chi connectivity index (χ0) is 24.1. The monoisotopic (exact) mass is 479 g/mol. The second-order valence-corrected chi connectivity index (χ2v) is 8.44. The van der Waals surface area contributed by atoms with Crippen LogP contribution in [0.1, 0.15) is 22.7 Å². The molecule has 8 nitrogen and oxygen atoms in total. The molecule has 0 saturated heterocycles. The van der Waals surface area contributed by atoms with Gasteiger partial charge in [-0.05, 0) is 56.8 Å². The maximum absolute atomic E-state index is 9.97. The highest BCUT2D eigenvalue weighted by Gasteiger charge is 2.17. The Morgan fingerprint density at radius 1 is 1.18 bits per heavy atom. The van der Waals surface area contributed by atoms with Crippen molar-refractivity contribution in [2.45, 2.75) is 26.4 Å². The Kier molecular flexibility index (Phi) is 7.52. The van der Waals surface area contributed by atoms with Gasteiger partial charge in [-0.2, -0.15) is 0 Å². The van der Waals surface area contributed by atoms with Gasteiger partial charge in [0, 0.05) is 41.6 Å². The third kappa shape index (κ3) is 5.77. The van der Waals surface area contributed by atoms with E-state index in [9.17, 15) is 5.11 Å². The van der Waals surface area contributed by atoms with E-state index >= 15 is 0 Å².